The molecule has 0 N–H and O–H groups in total. The van der Waals surface area contributed by atoms with Crippen LogP contribution in [0.2, 0.25) is 5.02 Å². The smallest absolute Gasteiger partial charge is 0.199 e. The molecule has 1 aromatic carbocycles. The van der Waals surface area contributed by atoms with Crippen LogP contribution < -0.4 is 4.90 Å². The number of hydrogen-bond donors (Lipinski definition) is 0. The Bertz CT molecular complexity index is 774. The predicted molar refractivity (Wildman–Crippen MR) is 101 cm³/mol. The average molecular weight is 364 g/mol. The number of allylic oxidation sites excluding steroid dienone is 1. The van der Waals surface area contributed by atoms with Crippen molar-refractivity contribution in [2.75, 3.05) is 31.1 Å². The van der Waals surface area contributed by atoms with Crippen molar-refractivity contribution in [1.82, 2.24) is 19.2 Å². The molecule has 1 aromatic heterocycles. The summed E-state index contributed by atoms with van der Waals surface area (Å²) >= 11 is 11.6. The number of benzene rings is 1. The maximum atomic E-state index is 6.09. The molecule has 24 heavy (non-hydrogen) atoms. The van der Waals surface area contributed by atoms with Crippen molar-refractivity contribution in [3.05, 3.63) is 52.5 Å². The summed E-state index contributed by atoms with van der Waals surface area (Å²) in [6, 6.07) is 8.04. The SMILES string of the molecule is C=CCn1c(C)nn(CN2CCN(c3cccc(Cl)c3)CC2)c1=S. The molecule has 1 aliphatic rings. The predicted octanol–water partition coefficient (Wildman–Crippen LogP) is 3.34. The second-order valence-corrected chi connectivity index (χ2v) is 6.76. The van der Waals surface area contributed by atoms with Crippen LogP contribution in [0.1, 0.15) is 5.82 Å². The molecule has 7 heteroatoms. The fourth-order valence-electron chi connectivity index (χ4n) is 2.99. The Hall–Kier alpha value is -1.63. The van der Waals surface area contributed by atoms with Crippen molar-refractivity contribution in [2.45, 2.75) is 20.1 Å². The molecule has 1 saturated heterocycles. The minimum Gasteiger partial charge on any atom is -0.369 e. The van der Waals surface area contributed by atoms with Crippen LogP contribution in [0.15, 0.2) is 36.9 Å². The number of halogens is 1. The van der Waals surface area contributed by atoms with E-state index in [0.29, 0.717) is 6.54 Å². The van der Waals surface area contributed by atoms with E-state index < -0.39 is 0 Å². The van der Waals surface area contributed by atoms with Crippen LogP contribution in [0, 0.1) is 11.7 Å². The maximum Gasteiger partial charge on any atom is 0.199 e. The summed E-state index contributed by atoms with van der Waals surface area (Å²) in [5.41, 5.74) is 1.19. The van der Waals surface area contributed by atoms with Gasteiger partial charge in [0, 0.05) is 43.4 Å². The zero-order chi connectivity index (χ0) is 17.1. The van der Waals surface area contributed by atoms with Gasteiger partial charge in [-0.15, -0.1) is 6.58 Å². The minimum atomic E-state index is 0.702. The number of hydrogen-bond acceptors (Lipinski definition) is 4. The van der Waals surface area contributed by atoms with E-state index >= 15 is 0 Å². The second kappa shape index (κ2) is 7.51. The van der Waals surface area contributed by atoms with E-state index in [-0.39, 0.29) is 0 Å². The van der Waals surface area contributed by atoms with E-state index in [1.807, 2.05) is 40.4 Å². The molecule has 0 aliphatic carbocycles. The highest BCUT2D eigenvalue weighted by molar-refractivity contribution is 7.71. The lowest BCUT2D eigenvalue weighted by Crippen LogP contribution is -2.47. The molecule has 0 radical (unpaired) electrons. The summed E-state index contributed by atoms with van der Waals surface area (Å²) in [4.78, 5) is 4.74. The lowest BCUT2D eigenvalue weighted by Gasteiger charge is -2.35. The molecule has 1 aliphatic heterocycles. The van der Waals surface area contributed by atoms with Crippen LogP contribution in [-0.2, 0) is 13.2 Å². The minimum absolute atomic E-state index is 0.702. The molecule has 2 heterocycles. The van der Waals surface area contributed by atoms with Gasteiger partial charge in [0.25, 0.3) is 0 Å². The van der Waals surface area contributed by atoms with Gasteiger partial charge in [0.05, 0.1) is 6.67 Å². The average Bonchev–Trinajstić information content (AvgIpc) is 2.83. The Morgan fingerprint density at radius 2 is 2.04 bits per heavy atom. The lowest BCUT2D eigenvalue weighted by molar-refractivity contribution is 0.194. The first-order valence-electron chi connectivity index (χ1n) is 8.06. The van der Waals surface area contributed by atoms with Crippen LogP contribution in [0.25, 0.3) is 0 Å². The first-order chi connectivity index (χ1) is 11.6. The number of anilines is 1. The topological polar surface area (TPSA) is 29.2 Å². The molecule has 5 nitrogen and oxygen atoms in total. The molecule has 0 bridgehead atoms. The van der Waals surface area contributed by atoms with Crippen molar-refractivity contribution < 1.29 is 0 Å². The van der Waals surface area contributed by atoms with Crippen LogP contribution in [-0.4, -0.2) is 45.4 Å². The van der Waals surface area contributed by atoms with Gasteiger partial charge in [0.15, 0.2) is 4.77 Å². The molecule has 3 rings (SSSR count). The molecular formula is C17H22ClN5S. The Kier molecular flexibility index (Phi) is 5.38. The molecule has 0 spiro atoms. The number of nitrogens with zero attached hydrogens (tertiary/aromatic N) is 5. The summed E-state index contributed by atoms with van der Waals surface area (Å²) < 4.78 is 4.66. The van der Waals surface area contributed by atoms with Gasteiger partial charge in [-0.2, -0.15) is 5.10 Å². The van der Waals surface area contributed by atoms with E-state index in [2.05, 4.69) is 27.5 Å². The highest BCUT2D eigenvalue weighted by atomic mass is 35.5. The maximum absolute atomic E-state index is 6.09. The monoisotopic (exact) mass is 363 g/mol. The number of rotatable bonds is 5. The quantitative estimate of drug-likeness (QED) is 0.602. The first kappa shape index (κ1) is 17.2. The van der Waals surface area contributed by atoms with E-state index in [1.54, 1.807) is 0 Å². The number of aromatic nitrogens is 3. The standard InChI is InChI=1S/C17H22ClN5S/c1-3-7-22-14(2)19-23(17(22)24)13-20-8-10-21(11-9-20)16-6-4-5-15(18)12-16/h3-6,12H,1,7-11,13H2,2H3. The van der Waals surface area contributed by atoms with Crippen molar-refractivity contribution >= 4 is 29.5 Å². The van der Waals surface area contributed by atoms with Crippen molar-refractivity contribution in [1.29, 1.82) is 0 Å². The molecule has 0 atom stereocenters. The molecule has 2 aromatic rings. The van der Waals surface area contributed by atoms with E-state index in [9.17, 15) is 0 Å². The summed E-state index contributed by atoms with van der Waals surface area (Å²) in [6.07, 6.45) is 1.85. The second-order valence-electron chi connectivity index (χ2n) is 5.95. The van der Waals surface area contributed by atoms with Crippen molar-refractivity contribution in [3.8, 4) is 0 Å². The number of aryl methyl sites for hydroxylation is 1. The molecule has 0 unspecified atom stereocenters. The van der Waals surface area contributed by atoms with Crippen LogP contribution >= 0.6 is 23.8 Å². The zero-order valence-corrected chi connectivity index (χ0v) is 15.4. The largest absolute Gasteiger partial charge is 0.369 e. The molecular weight excluding hydrogens is 342 g/mol. The van der Waals surface area contributed by atoms with Gasteiger partial charge in [-0.3, -0.25) is 4.90 Å². The van der Waals surface area contributed by atoms with E-state index in [0.717, 1.165) is 48.5 Å². The molecule has 0 amide bonds. The highest BCUT2D eigenvalue weighted by Gasteiger charge is 2.18. The van der Waals surface area contributed by atoms with Gasteiger partial charge in [0.1, 0.15) is 5.82 Å². The van der Waals surface area contributed by atoms with Gasteiger partial charge in [-0.25, -0.2) is 4.68 Å². The summed E-state index contributed by atoms with van der Waals surface area (Å²) in [6.45, 7) is 11.1. The fraction of sp³-hybridized carbons (Fsp3) is 0.412. The number of piperazine rings is 1. The third kappa shape index (κ3) is 3.71. The van der Waals surface area contributed by atoms with Crippen molar-refractivity contribution in [3.63, 3.8) is 0 Å². The van der Waals surface area contributed by atoms with E-state index in [1.165, 1.54) is 5.69 Å². The Labute approximate surface area is 152 Å². The Balaban J connectivity index is 1.63. The highest BCUT2D eigenvalue weighted by Crippen LogP contribution is 2.20. The van der Waals surface area contributed by atoms with E-state index in [4.69, 9.17) is 23.8 Å². The third-order valence-electron chi connectivity index (χ3n) is 4.30. The van der Waals surface area contributed by atoms with Gasteiger partial charge in [-0.1, -0.05) is 23.7 Å². The molecule has 1 fully saturated rings. The third-order valence-corrected chi connectivity index (χ3v) is 4.97. The fourth-order valence-corrected chi connectivity index (χ4v) is 3.48. The van der Waals surface area contributed by atoms with Gasteiger partial charge < -0.3 is 9.47 Å². The van der Waals surface area contributed by atoms with Gasteiger partial charge in [-0.05, 0) is 37.3 Å². The van der Waals surface area contributed by atoms with Crippen LogP contribution in [0.5, 0.6) is 0 Å². The van der Waals surface area contributed by atoms with Crippen LogP contribution in [0.4, 0.5) is 5.69 Å². The Morgan fingerprint density at radius 3 is 2.71 bits per heavy atom. The molecule has 128 valence electrons. The molecule has 0 saturated carbocycles. The zero-order valence-electron chi connectivity index (χ0n) is 13.9. The normalized spacial score (nSPS) is 15.7. The van der Waals surface area contributed by atoms with Gasteiger partial charge in [0.2, 0.25) is 0 Å². The summed E-state index contributed by atoms with van der Waals surface area (Å²) in [5, 5.41) is 5.35. The van der Waals surface area contributed by atoms with Gasteiger partial charge >= 0.3 is 0 Å². The Morgan fingerprint density at radius 1 is 1.29 bits per heavy atom. The summed E-state index contributed by atoms with van der Waals surface area (Å²) in [5.74, 6) is 0.928. The van der Waals surface area contributed by atoms with Crippen molar-refractivity contribution in [2.24, 2.45) is 0 Å². The summed E-state index contributed by atoms with van der Waals surface area (Å²) in [7, 11) is 0. The first-order valence-corrected chi connectivity index (χ1v) is 8.85. The van der Waals surface area contributed by atoms with Crippen LogP contribution in [0.3, 0.4) is 0 Å². The lowest BCUT2D eigenvalue weighted by atomic mass is 10.2.